The van der Waals surface area contributed by atoms with E-state index in [1.54, 1.807) is 6.92 Å². The van der Waals surface area contributed by atoms with Gasteiger partial charge in [-0.2, -0.15) is 0 Å². The molecule has 0 spiro atoms. The number of benzene rings is 1. The Hall–Kier alpha value is -2.72. The lowest BCUT2D eigenvalue weighted by Gasteiger charge is -2.19. The molecule has 156 valence electrons. The zero-order chi connectivity index (χ0) is 21.0. The average Bonchev–Trinajstić information content (AvgIpc) is 3.20. The van der Waals surface area contributed by atoms with Gasteiger partial charge in [-0.05, 0) is 6.92 Å². The number of ether oxygens (including phenoxy) is 3. The number of carbonyl (C=O) groups excluding carboxylic acids is 1. The van der Waals surface area contributed by atoms with Gasteiger partial charge < -0.3 is 19.5 Å². The first-order valence-electron chi connectivity index (χ1n) is 8.87. The van der Waals surface area contributed by atoms with E-state index in [1.165, 1.54) is 19.2 Å². The van der Waals surface area contributed by atoms with Crippen LogP contribution in [0.1, 0.15) is 40.9 Å². The molecule has 2 aromatic rings. The Bertz CT molecular complexity index is 889. The Kier molecular flexibility index (Phi) is 6.65. The molecule has 29 heavy (non-hydrogen) atoms. The van der Waals surface area contributed by atoms with Gasteiger partial charge in [-0.15, -0.1) is 0 Å². The molecule has 1 aliphatic rings. The molecule has 0 atom stereocenters. The van der Waals surface area contributed by atoms with E-state index in [-0.39, 0.29) is 24.3 Å². The van der Waals surface area contributed by atoms with Gasteiger partial charge in [-0.1, -0.05) is 18.2 Å². The zero-order valence-corrected chi connectivity index (χ0v) is 15.9. The number of anilines is 1. The van der Waals surface area contributed by atoms with E-state index in [0.717, 1.165) is 6.07 Å². The van der Waals surface area contributed by atoms with Crippen LogP contribution in [0, 0.1) is 12.7 Å². The SMILES string of the molecule is COC(=O)Cc1nc(C)nc(NCc2cccc(C(F)F)c2F)c1C1OCCO1. The summed E-state index contributed by atoms with van der Waals surface area (Å²) in [5.74, 6) is -0.866. The van der Waals surface area contributed by atoms with Gasteiger partial charge in [-0.25, -0.2) is 23.1 Å². The van der Waals surface area contributed by atoms with Crippen molar-refractivity contribution in [2.24, 2.45) is 0 Å². The largest absolute Gasteiger partial charge is 0.469 e. The number of esters is 1. The molecule has 1 N–H and O–H groups in total. The fourth-order valence-electron chi connectivity index (χ4n) is 2.97. The van der Waals surface area contributed by atoms with Crippen molar-refractivity contribution in [2.75, 3.05) is 25.6 Å². The summed E-state index contributed by atoms with van der Waals surface area (Å²) in [5.41, 5.74) is 0.120. The Morgan fingerprint density at radius 1 is 1.31 bits per heavy atom. The van der Waals surface area contributed by atoms with Crippen LogP contribution in [-0.4, -0.2) is 36.3 Å². The number of nitrogens with one attached hydrogen (secondary N) is 1. The van der Waals surface area contributed by atoms with E-state index >= 15 is 0 Å². The van der Waals surface area contributed by atoms with Crippen molar-refractivity contribution in [3.05, 3.63) is 52.2 Å². The second kappa shape index (κ2) is 9.19. The van der Waals surface area contributed by atoms with Crippen LogP contribution in [0.25, 0.3) is 0 Å². The molecule has 0 saturated carbocycles. The summed E-state index contributed by atoms with van der Waals surface area (Å²) < 4.78 is 56.0. The van der Waals surface area contributed by atoms with Crippen LogP contribution >= 0.6 is 0 Å². The number of carbonyl (C=O) groups is 1. The fourth-order valence-corrected chi connectivity index (χ4v) is 2.97. The van der Waals surface area contributed by atoms with Gasteiger partial charge in [0.2, 0.25) is 0 Å². The second-order valence-corrected chi connectivity index (χ2v) is 6.28. The normalized spacial score (nSPS) is 14.4. The summed E-state index contributed by atoms with van der Waals surface area (Å²) in [4.78, 5) is 20.4. The summed E-state index contributed by atoms with van der Waals surface area (Å²) in [7, 11) is 1.26. The van der Waals surface area contributed by atoms with E-state index in [1.807, 2.05) is 0 Å². The van der Waals surface area contributed by atoms with E-state index < -0.39 is 30.1 Å². The molecule has 0 radical (unpaired) electrons. The van der Waals surface area contributed by atoms with Crippen LogP contribution in [-0.2, 0) is 32.0 Å². The molecule has 1 saturated heterocycles. The van der Waals surface area contributed by atoms with Crippen molar-refractivity contribution in [3.8, 4) is 0 Å². The third-order valence-corrected chi connectivity index (χ3v) is 4.32. The standard InChI is InChI=1S/C19H20F3N3O4/c1-10-24-13(8-14(26)27-2)15(19-28-6-7-29-19)18(25-10)23-9-11-4-3-5-12(16(11)20)17(21)22/h3-5,17,19H,6-9H2,1-2H3,(H,23,24,25). The Balaban J connectivity index is 1.94. The van der Waals surface area contributed by atoms with E-state index in [2.05, 4.69) is 15.3 Å². The van der Waals surface area contributed by atoms with Gasteiger partial charge in [0.05, 0.1) is 43.6 Å². The Labute approximate surface area is 165 Å². The van der Waals surface area contributed by atoms with Gasteiger partial charge in [0.25, 0.3) is 6.43 Å². The van der Waals surface area contributed by atoms with Gasteiger partial charge >= 0.3 is 5.97 Å². The summed E-state index contributed by atoms with van der Waals surface area (Å²) in [6, 6.07) is 3.80. The highest BCUT2D eigenvalue weighted by Crippen LogP contribution is 2.32. The van der Waals surface area contributed by atoms with Crippen molar-refractivity contribution in [1.82, 2.24) is 9.97 Å². The predicted molar refractivity (Wildman–Crippen MR) is 95.8 cm³/mol. The van der Waals surface area contributed by atoms with Gasteiger partial charge in [-0.3, -0.25) is 4.79 Å². The fraction of sp³-hybridized carbons (Fsp3) is 0.421. The molecular formula is C19H20F3N3O4. The molecule has 1 aromatic carbocycles. The predicted octanol–water partition coefficient (Wildman–Crippen LogP) is 3.23. The third kappa shape index (κ3) is 4.83. The number of rotatable bonds is 7. The van der Waals surface area contributed by atoms with E-state index in [4.69, 9.17) is 14.2 Å². The molecule has 2 heterocycles. The maximum atomic E-state index is 14.3. The first-order valence-corrected chi connectivity index (χ1v) is 8.87. The summed E-state index contributed by atoms with van der Waals surface area (Å²) in [6.07, 6.45) is -3.86. The lowest BCUT2D eigenvalue weighted by molar-refractivity contribution is -0.139. The van der Waals surface area contributed by atoms with Gasteiger partial charge in [0.15, 0.2) is 6.29 Å². The summed E-state index contributed by atoms with van der Waals surface area (Å²) in [6.45, 7) is 2.21. The van der Waals surface area contributed by atoms with Crippen molar-refractivity contribution >= 4 is 11.8 Å². The summed E-state index contributed by atoms with van der Waals surface area (Å²) in [5, 5.41) is 2.94. The van der Waals surface area contributed by atoms with Crippen molar-refractivity contribution in [3.63, 3.8) is 0 Å². The second-order valence-electron chi connectivity index (χ2n) is 6.28. The van der Waals surface area contributed by atoms with Crippen LogP contribution in [0.5, 0.6) is 0 Å². The highest BCUT2D eigenvalue weighted by atomic mass is 19.3. The van der Waals surface area contributed by atoms with E-state index in [9.17, 15) is 18.0 Å². The molecule has 0 unspecified atom stereocenters. The third-order valence-electron chi connectivity index (χ3n) is 4.32. The lowest BCUT2D eigenvalue weighted by atomic mass is 10.1. The highest BCUT2D eigenvalue weighted by Gasteiger charge is 2.28. The number of methoxy groups -OCH3 is 1. The van der Waals surface area contributed by atoms with Crippen LogP contribution in [0.3, 0.4) is 0 Å². The van der Waals surface area contributed by atoms with Crippen molar-refractivity contribution < 1.29 is 32.2 Å². The minimum atomic E-state index is -2.92. The number of aromatic nitrogens is 2. The van der Waals surface area contributed by atoms with Gasteiger partial charge in [0.1, 0.15) is 17.5 Å². The quantitative estimate of drug-likeness (QED) is 0.701. The minimum absolute atomic E-state index is 0.0489. The summed E-state index contributed by atoms with van der Waals surface area (Å²) >= 11 is 0. The maximum absolute atomic E-state index is 14.3. The number of hydrogen-bond acceptors (Lipinski definition) is 7. The molecular weight excluding hydrogens is 391 g/mol. The molecule has 0 bridgehead atoms. The first-order chi connectivity index (χ1) is 13.9. The molecule has 1 fully saturated rings. The number of alkyl halides is 2. The smallest absolute Gasteiger partial charge is 0.311 e. The van der Waals surface area contributed by atoms with Crippen LogP contribution < -0.4 is 5.32 Å². The van der Waals surface area contributed by atoms with Crippen LogP contribution in [0.4, 0.5) is 19.0 Å². The molecule has 7 nitrogen and oxygen atoms in total. The van der Waals surface area contributed by atoms with Crippen LogP contribution in [0.2, 0.25) is 0 Å². The zero-order valence-electron chi connectivity index (χ0n) is 15.9. The Morgan fingerprint density at radius 3 is 2.69 bits per heavy atom. The molecule has 10 heteroatoms. The maximum Gasteiger partial charge on any atom is 0.311 e. The Morgan fingerprint density at radius 2 is 2.03 bits per heavy atom. The topological polar surface area (TPSA) is 82.6 Å². The molecule has 0 aliphatic carbocycles. The van der Waals surface area contributed by atoms with Crippen molar-refractivity contribution in [1.29, 1.82) is 0 Å². The van der Waals surface area contributed by atoms with Gasteiger partial charge in [0, 0.05) is 12.1 Å². The molecule has 3 rings (SSSR count). The molecule has 0 amide bonds. The first kappa shape index (κ1) is 21.0. The monoisotopic (exact) mass is 411 g/mol. The highest BCUT2D eigenvalue weighted by molar-refractivity contribution is 5.73. The number of hydrogen-bond donors (Lipinski definition) is 1. The number of halogens is 3. The number of aryl methyl sites for hydroxylation is 1. The molecule has 1 aromatic heterocycles. The lowest BCUT2D eigenvalue weighted by Crippen LogP contribution is -2.17. The average molecular weight is 411 g/mol. The van der Waals surface area contributed by atoms with Crippen LogP contribution in [0.15, 0.2) is 18.2 Å². The molecule has 1 aliphatic heterocycles. The van der Waals surface area contributed by atoms with E-state index in [0.29, 0.717) is 30.3 Å². The van der Waals surface area contributed by atoms with Crippen molar-refractivity contribution in [2.45, 2.75) is 32.6 Å². The number of nitrogens with zero attached hydrogens (tertiary/aromatic N) is 2. The minimum Gasteiger partial charge on any atom is -0.469 e.